The molecular weight excluding hydrogens is 155 g/mol. The molecule has 1 aliphatic heterocycles. The third kappa shape index (κ3) is 1.46. The van der Waals surface area contributed by atoms with Crippen molar-refractivity contribution < 1.29 is 4.39 Å². The summed E-state index contributed by atoms with van der Waals surface area (Å²) in [7, 11) is 0. The molecule has 2 heterocycles. The second-order valence-electron chi connectivity index (χ2n) is 3.03. The predicted octanol–water partition coefficient (Wildman–Crippen LogP) is 1.65. The highest BCUT2D eigenvalue weighted by Gasteiger charge is 2.17. The Hall–Kier alpha value is -0.960. The summed E-state index contributed by atoms with van der Waals surface area (Å²) < 4.78 is 12.7. The Morgan fingerprint density at radius 1 is 1.50 bits per heavy atom. The number of nitrogens with one attached hydrogen (secondary N) is 1. The molecule has 1 aliphatic rings. The molecule has 1 atom stereocenters. The van der Waals surface area contributed by atoms with E-state index in [1.54, 1.807) is 6.07 Å². The fraction of sp³-hybridized carbons (Fsp3) is 0.444. The van der Waals surface area contributed by atoms with E-state index in [0.717, 1.165) is 25.1 Å². The Bertz CT molecular complexity index is 269. The predicted molar refractivity (Wildman–Crippen MR) is 44.2 cm³/mol. The molecule has 1 N–H and O–H groups in total. The topological polar surface area (TPSA) is 24.9 Å². The molecule has 0 spiro atoms. The largest absolute Gasteiger partial charge is 0.309 e. The van der Waals surface area contributed by atoms with E-state index in [4.69, 9.17) is 0 Å². The normalized spacial score (nSPS) is 22.9. The van der Waals surface area contributed by atoms with E-state index < -0.39 is 0 Å². The van der Waals surface area contributed by atoms with Gasteiger partial charge in [-0.2, -0.15) is 4.39 Å². The lowest BCUT2D eigenvalue weighted by Gasteiger charge is -2.08. The van der Waals surface area contributed by atoms with Crippen LogP contribution >= 0.6 is 0 Å². The summed E-state index contributed by atoms with van der Waals surface area (Å²) in [6, 6.07) is 5.21. The Morgan fingerprint density at radius 2 is 2.42 bits per heavy atom. The summed E-state index contributed by atoms with van der Waals surface area (Å²) in [5, 5.41) is 3.27. The van der Waals surface area contributed by atoms with Crippen LogP contribution in [0.5, 0.6) is 0 Å². The zero-order chi connectivity index (χ0) is 8.39. The van der Waals surface area contributed by atoms with Crippen molar-refractivity contribution in [1.82, 2.24) is 10.3 Å². The van der Waals surface area contributed by atoms with Gasteiger partial charge >= 0.3 is 0 Å². The minimum atomic E-state index is -0.388. The average molecular weight is 166 g/mol. The molecule has 2 rings (SSSR count). The van der Waals surface area contributed by atoms with Gasteiger partial charge in [0.05, 0.1) is 5.69 Å². The van der Waals surface area contributed by atoms with Gasteiger partial charge in [-0.15, -0.1) is 0 Å². The second kappa shape index (κ2) is 3.19. The van der Waals surface area contributed by atoms with Crippen molar-refractivity contribution in [1.29, 1.82) is 0 Å². The van der Waals surface area contributed by atoms with E-state index in [1.165, 1.54) is 6.07 Å². The van der Waals surface area contributed by atoms with Crippen molar-refractivity contribution in [3.05, 3.63) is 29.8 Å². The number of pyridine rings is 1. The number of halogens is 1. The Kier molecular flexibility index (Phi) is 2.04. The van der Waals surface area contributed by atoms with Gasteiger partial charge < -0.3 is 5.32 Å². The maximum atomic E-state index is 12.7. The van der Waals surface area contributed by atoms with E-state index in [2.05, 4.69) is 10.3 Å². The van der Waals surface area contributed by atoms with Crippen molar-refractivity contribution in [2.45, 2.75) is 18.9 Å². The third-order valence-electron chi connectivity index (χ3n) is 2.15. The van der Waals surface area contributed by atoms with Gasteiger partial charge in [-0.3, -0.25) is 0 Å². The molecule has 2 nitrogen and oxygen atoms in total. The standard InChI is InChI=1S/C9H11FN2/c10-9-5-1-3-8(12-9)7-4-2-6-11-7/h1,3,5,7,11H,2,4,6H2/t7-/m1/s1. The molecule has 0 aliphatic carbocycles. The van der Waals surface area contributed by atoms with Crippen LogP contribution in [-0.2, 0) is 0 Å². The Labute approximate surface area is 70.8 Å². The summed E-state index contributed by atoms with van der Waals surface area (Å²) in [6.07, 6.45) is 2.22. The molecule has 1 aromatic heterocycles. The maximum Gasteiger partial charge on any atom is 0.213 e. The number of hydrogen-bond donors (Lipinski definition) is 1. The first-order valence-corrected chi connectivity index (χ1v) is 4.22. The van der Waals surface area contributed by atoms with Crippen LogP contribution in [0.3, 0.4) is 0 Å². The van der Waals surface area contributed by atoms with Gasteiger partial charge in [-0.25, -0.2) is 4.98 Å². The SMILES string of the molecule is Fc1cccc([C@H]2CCCN2)n1. The van der Waals surface area contributed by atoms with Crippen LogP contribution in [0.1, 0.15) is 24.6 Å². The number of rotatable bonds is 1. The highest BCUT2D eigenvalue weighted by atomic mass is 19.1. The zero-order valence-electron chi connectivity index (χ0n) is 6.76. The quantitative estimate of drug-likeness (QED) is 0.641. The van der Waals surface area contributed by atoms with Crippen LogP contribution in [0.2, 0.25) is 0 Å². The summed E-state index contributed by atoms with van der Waals surface area (Å²) in [5.74, 6) is -0.388. The molecule has 0 aromatic carbocycles. The number of nitrogens with zero attached hydrogens (tertiary/aromatic N) is 1. The highest BCUT2D eigenvalue weighted by molar-refractivity contribution is 5.10. The minimum Gasteiger partial charge on any atom is -0.309 e. The van der Waals surface area contributed by atoms with Crippen molar-refractivity contribution in [3.63, 3.8) is 0 Å². The molecule has 1 fully saturated rings. The van der Waals surface area contributed by atoms with Gasteiger partial charge in [-0.05, 0) is 31.5 Å². The smallest absolute Gasteiger partial charge is 0.213 e. The van der Waals surface area contributed by atoms with Crippen molar-refractivity contribution >= 4 is 0 Å². The van der Waals surface area contributed by atoms with Gasteiger partial charge in [0.15, 0.2) is 0 Å². The molecular formula is C9H11FN2. The Morgan fingerprint density at radius 3 is 3.08 bits per heavy atom. The molecule has 64 valence electrons. The van der Waals surface area contributed by atoms with Crippen LogP contribution in [0, 0.1) is 5.95 Å². The van der Waals surface area contributed by atoms with Crippen LogP contribution in [0.25, 0.3) is 0 Å². The van der Waals surface area contributed by atoms with E-state index in [9.17, 15) is 4.39 Å². The van der Waals surface area contributed by atoms with Crippen molar-refractivity contribution in [2.75, 3.05) is 6.54 Å². The maximum absolute atomic E-state index is 12.7. The first-order chi connectivity index (χ1) is 5.86. The molecule has 1 aromatic rings. The lowest BCUT2D eigenvalue weighted by Crippen LogP contribution is -2.14. The fourth-order valence-corrected chi connectivity index (χ4v) is 1.56. The lowest BCUT2D eigenvalue weighted by atomic mass is 10.1. The number of hydrogen-bond acceptors (Lipinski definition) is 2. The average Bonchev–Trinajstić information content (AvgIpc) is 2.56. The van der Waals surface area contributed by atoms with Gasteiger partial charge in [0.1, 0.15) is 0 Å². The minimum absolute atomic E-state index is 0.265. The van der Waals surface area contributed by atoms with Crippen molar-refractivity contribution in [2.24, 2.45) is 0 Å². The summed E-state index contributed by atoms with van der Waals surface area (Å²) in [6.45, 7) is 1.02. The molecule has 0 bridgehead atoms. The Balaban J connectivity index is 2.21. The van der Waals surface area contributed by atoms with Crippen molar-refractivity contribution in [3.8, 4) is 0 Å². The van der Waals surface area contributed by atoms with Gasteiger partial charge in [0, 0.05) is 6.04 Å². The van der Waals surface area contributed by atoms with Crippen LogP contribution in [-0.4, -0.2) is 11.5 Å². The molecule has 0 saturated carbocycles. The summed E-state index contributed by atoms with van der Waals surface area (Å²) in [5.41, 5.74) is 0.826. The monoisotopic (exact) mass is 166 g/mol. The lowest BCUT2D eigenvalue weighted by molar-refractivity contribution is 0.551. The van der Waals surface area contributed by atoms with Crippen LogP contribution in [0.15, 0.2) is 18.2 Å². The van der Waals surface area contributed by atoms with Gasteiger partial charge in [0.2, 0.25) is 5.95 Å². The first kappa shape index (κ1) is 7.68. The highest BCUT2D eigenvalue weighted by Crippen LogP contribution is 2.20. The molecule has 3 heteroatoms. The molecule has 12 heavy (non-hydrogen) atoms. The van der Waals surface area contributed by atoms with Crippen LogP contribution in [0.4, 0.5) is 4.39 Å². The molecule has 0 radical (unpaired) electrons. The van der Waals surface area contributed by atoms with E-state index in [-0.39, 0.29) is 12.0 Å². The molecule has 1 saturated heterocycles. The van der Waals surface area contributed by atoms with Gasteiger partial charge in [-0.1, -0.05) is 6.07 Å². The first-order valence-electron chi connectivity index (χ1n) is 4.22. The third-order valence-corrected chi connectivity index (χ3v) is 2.15. The number of aromatic nitrogens is 1. The summed E-state index contributed by atoms with van der Waals surface area (Å²) in [4.78, 5) is 3.83. The van der Waals surface area contributed by atoms with E-state index >= 15 is 0 Å². The van der Waals surface area contributed by atoms with Gasteiger partial charge in [0.25, 0.3) is 0 Å². The molecule has 0 amide bonds. The fourth-order valence-electron chi connectivity index (χ4n) is 1.56. The van der Waals surface area contributed by atoms with Crippen LogP contribution < -0.4 is 5.32 Å². The summed E-state index contributed by atoms with van der Waals surface area (Å²) >= 11 is 0. The van der Waals surface area contributed by atoms with E-state index in [1.807, 2.05) is 6.07 Å². The van der Waals surface area contributed by atoms with E-state index in [0.29, 0.717) is 0 Å². The molecule has 0 unspecified atom stereocenters. The second-order valence-corrected chi connectivity index (χ2v) is 3.03. The zero-order valence-corrected chi connectivity index (χ0v) is 6.76.